The molecule has 3 nitrogen and oxygen atoms in total. The molecule has 1 aromatic carbocycles. The van der Waals surface area contributed by atoms with E-state index in [1.807, 2.05) is 36.0 Å². The Bertz CT molecular complexity index is 366. The summed E-state index contributed by atoms with van der Waals surface area (Å²) in [5.41, 5.74) is 7.38. The lowest BCUT2D eigenvalue weighted by Gasteiger charge is -2.26. The Hall–Kier alpha value is -0.710. The average molecular weight is 252 g/mol. The molecule has 1 heterocycles. The van der Waals surface area contributed by atoms with Crippen LogP contribution in [0.5, 0.6) is 0 Å². The minimum Gasteiger partial charge on any atom is -0.398 e. The van der Waals surface area contributed by atoms with Gasteiger partial charge in [-0.15, -0.1) is 0 Å². The number of aliphatic hydroxyl groups excluding tert-OH is 1. The first-order valence-corrected chi connectivity index (χ1v) is 7.14. The molecular weight excluding hydrogens is 232 g/mol. The van der Waals surface area contributed by atoms with Crippen molar-refractivity contribution in [1.29, 1.82) is 0 Å². The fraction of sp³-hybridized carbons (Fsp3) is 0.538. The zero-order valence-corrected chi connectivity index (χ0v) is 11.0. The topological polar surface area (TPSA) is 49.5 Å². The minimum absolute atomic E-state index is 0.494. The van der Waals surface area contributed by atoms with Crippen LogP contribution in [-0.4, -0.2) is 41.1 Å². The fourth-order valence-corrected chi connectivity index (χ4v) is 3.50. The summed E-state index contributed by atoms with van der Waals surface area (Å²) in [6, 6.07) is 8.14. The van der Waals surface area contributed by atoms with Gasteiger partial charge in [0.2, 0.25) is 0 Å². The number of nitrogens with two attached hydrogens (primary N) is 1. The Morgan fingerprint density at radius 3 is 2.94 bits per heavy atom. The van der Waals surface area contributed by atoms with Crippen molar-refractivity contribution in [1.82, 2.24) is 4.90 Å². The van der Waals surface area contributed by atoms with Crippen LogP contribution in [0.2, 0.25) is 0 Å². The second-order valence-electron chi connectivity index (χ2n) is 4.60. The number of likely N-dealkylation sites (N-methyl/N-ethyl adjacent to an activating group) is 1. The van der Waals surface area contributed by atoms with Gasteiger partial charge >= 0.3 is 0 Å². The summed E-state index contributed by atoms with van der Waals surface area (Å²) < 4.78 is 0. The third-order valence-electron chi connectivity index (χ3n) is 3.34. The molecule has 1 fully saturated rings. The van der Waals surface area contributed by atoms with Gasteiger partial charge in [-0.05, 0) is 25.3 Å². The molecule has 1 aliphatic rings. The van der Waals surface area contributed by atoms with E-state index in [0.29, 0.717) is 18.3 Å². The van der Waals surface area contributed by atoms with Crippen molar-refractivity contribution in [2.24, 2.45) is 0 Å². The second-order valence-corrected chi connectivity index (χ2v) is 5.75. The van der Waals surface area contributed by atoms with E-state index in [1.165, 1.54) is 17.9 Å². The molecule has 0 saturated carbocycles. The van der Waals surface area contributed by atoms with Crippen LogP contribution in [0.25, 0.3) is 0 Å². The van der Waals surface area contributed by atoms with Crippen molar-refractivity contribution in [3.8, 4) is 0 Å². The van der Waals surface area contributed by atoms with E-state index in [4.69, 9.17) is 5.73 Å². The number of para-hydroxylation sites is 1. The predicted octanol–water partition coefficient (Wildman–Crippen LogP) is 1.74. The maximum absolute atomic E-state index is 10.2. The second kappa shape index (κ2) is 5.76. The summed E-state index contributed by atoms with van der Waals surface area (Å²) in [7, 11) is 2.08. The summed E-state index contributed by atoms with van der Waals surface area (Å²) in [5, 5.41) is 10.2. The van der Waals surface area contributed by atoms with E-state index in [9.17, 15) is 5.11 Å². The highest BCUT2D eigenvalue weighted by Crippen LogP contribution is 2.25. The smallest absolute Gasteiger partial charge is 0.0936 e. The van der Waals surface area contributed by atoms with Crippen molar-refractivity contribution in [2.45, 2.75) is 18.6 Å². The number of thioether (sulfide) groups is 1. The Balaban J connectivity index is 1.96. The number of anilines is 1. The van der Waals surface area contributed by atoms with Gasteiger partial charge in [0.1, 0.15) is 0 Å². The summed E-state index contributed by atoms with van der Waals surface area (Å²) in [4.78, 5) is 2.25. The molecule has 1 saturated heterocycles. The largest absolute Gasteiger partial charge is 0.398 e. The molecule has 2 rings (SSSR count). The van der Waals surface area contributed by atoms with Crippen molar-refractivity contribution in [3.05, 3.63) is 29.8 Å². The number of nitrogens with zero attached hydrogens (tertiary/aromatic N) is 1. The minimum atomic E-state index is -0.494. The molecule has 0 bridgehead atoms. The number of nitrogen functional groups attached to an aromatic ring is 1. The van der Waals surface area contributed by atoms with E-state index < -0.39 is 6.10 Å². The van der Waals surface area contributed by atoms with Crippen LogP contribution in [-0.2, 0) is 0 Å². The predicted molar refractivity (Wildman–Crippen MR) is 74.2 cm³/mol. The van der Waals surface area contributed by atoms with Gasteiger partial charge < -0.3 is 10.8 Å². The van der Waals surface area contributed by atoms with E-state index in [0.717, 1.165) is 5.56 Å². The van der Waals surface area contributed by atoms with E-state index in [1.54, 1.807) is 0 Å². The number of hydrogen-bond donors (Lipinski definition) is 2. The molecule has 0 aromatic heterocycles. The Morgan fingerprint density at radius 2 is 2.29 bits per heavy atom. The van der Waals surface area contributed by atoms with Crippen LogP contribution in [0.4, 0.5) is 5.69 Å². The van der Waals surface area contributed by atoms with Gasteiger partial charge in [-0.2, -0.15) is 11.8 Å². The Morgan fingerprint density at radius 1 is 1.53 bits per heavy atom. The van der Waals surface area contributed by atoms with Gasteiger partial charge in [-0.3, -0.25) is 4.90 Å². The van der Waals surface area contributed by atoms with E-state index in [2.05, 4.69) is 11.9 Å². The van der Waals surface area contributed by atoms with E-state index in [-0.39, 0.29) is 0 Å². The number of hydrogen-bond acceptors (Lipinski definition) is 4. The van der Waals surface area contributed by atoms with E-state index >= 15 is 0 Å². The molecule has 4 heteroatoms. The highest BCUT2D eigenvalue weighted by atomic mass is 32.2. The molecule has 1 aromatic rings. The molecule has 0 radical (unpaired) electrons. The normalized spacial score (nSPS) is 21.9. The Kier molecular flexibility index (Phi) is 4.31. The number of benzene rings is 1. The average Bonchev–Trinajstić information content (AvgIpc) is 2.82. The summed E-state index contributed by atoms with van der Waals surface area (Å²) in [6.07, 6.45) is 0.727. The first-order chi connectivity index (χ1) is 8.18. The lowest BCUT2D eigenvalue weighted by molar-refractivity contribution is 0.110. The molecule has 1 aliphatic heterocycles. The van der Waals surface area contributed by atoms with Crippen molar-refractivity contribution in [2.75, 3.05) is 30.8 Å². The van der Waals surface area contributed by atoms with Gasteiger partial charge in [0, 0.05) is 29.6 Å². The standard InChI is InChI=1S/C13H20N2OS/c1-15(10-6-7-17-9-10)8-13(16)11-4-2-3-5-12(11)14/h2-5,10,13,16H,6-9,14H2,1H3. The van der Waals surface area contributed by atoms with Crippen LogP contribution in [0, 0.1) is 0 Å². The third kappa shape index (κ3) is 3.15. The molecule has 0 aliphatic carbocycles. The van der Waals surface area contributed by atoms with Crippen LogP contribution in [0.3, 0.4) is 0 Å². The number of rotatable bonds is 4. The maximum atomic E-state index is 10.2. The third-order valence-corrected chi connectivity index (χ3v) is 4.49. The lowest BCUT2D eigenvalue weighted by Crippen LogP contribution is -2.35. The first kappa shape index (κ1) is 12.7. The van der Waals surface area contributed by atoms with Gasteiger partial charge in [-0.25, -0.2) is 0 Å². The van der Waals surface area contributed by atoms with Crippen molar-refractivity contribution >= 4 is 17.4 Å². The van der Waals surface area contributed by atoms with Gasteiger partial charge in [0.05, 0.1) is 6.10 Å². The zero-order chi connectivity index (χ0) is 12.3. The van der Waals surface area contributed by atoms with Crippen molar-refractivity contribution < 1.29 is 5.11 Å². The zero-order valence-electron chi connectivity index (χ0n) is 10.2. The van der Waals surface area contributed by atoms with Gasteiger partial charge in [0.15, 0.2) is 0 Å². The van der Waals surface area contributed by atoms with Crippen LogP contribution >= 0.6 is 11.8 Å². The molecule has 94 valence electrons. The molecule has 0 spiro atoms. The van der Waals surface area contributed by atoms with Crippen molar-refractivity contribution in [3.63, 3.8) is 0 Å². The van der Waals surface area contributed by atoms with Gasteiger partial charge in [-0.1, -0.05) is 18.2 Å². The van der Waals surface area contributed by atoms with Gasteiger partial charge in [0.25, 0.3) is 0 Å². The SMILES string of the molecule is CN(CC(O)c1ccccc1N)C1CCSC1. The highest BCUT2D eigenvalue weighted by Gasteiger charge is 2.22. The monoisotopic (exact) mass is 252 g/mol. The molecular formula is C13H20N2OS. The molecule has 3 N–H and O–H groups in total. The highest BCUT2D eigenvalue weighted by molar-refractivity contribution is 7.99. The number of aliphatic hydroxyl groups is 1. The lowest BCUT2D eigenvalue weighted by atomic mass is 10.1. The molecule has 17 heavy (non-hydrogen) atoms. The van der Waals surface area contributed by atoms with Crippen LogP contribution in [0.1, 0.15) is 18.1 Å². The molecule has 0 amide bonds. The van der Waals surface area contributed by atoms with Crippen LogP contribution < -0.4 is 5.73 Å². The molecule has 2 unspecified atom stereocenters. The summed E-state index contributed by atoms with van der Waals surface area (Å²) in [6.45, 7) is 0.652. The first-order valence-electron chi connectivity index (χ1n) is 5.99. The molecule has 2 atom stereocenters. The Labute approximate surface area is 107 Å². The summed E-state index contributed by atoms with van der Waals surface area (Å²) in [5.74, 6) is 2.41. The quantitative estimate of drug-likeness (QED) is 0.801. The summed E-state index contributed by atoms with van der Waals surface area (Å²) >= 11 is 1.99. The maximum Gasteiger partial charge on any atom is 0.0936 e. The fourth-order valence-electron chi connectivity index (χ4n) is 2.20. The van der Waals surface area contributed by atoms with Crippen LogP contribution in [0.15, 0.2) is 24.3 Å².